The van der Waals surface area contributed by atoms with Crippen molar-refractivity contribution in [2.75, 3.05) is 108 Å². The van der Waals surface area contributed by atoms with Crippen molar-refractivity contribution in [2.24, 2.45) is 0 Å². The van der Waals surface area contributed by atoms with E-state index in [0.717, 1.165) is 88.1 Å². The second kappa shape index (κ2) is 24.4. The number of hydrogen-bond donors (Lipinski definition) is 0. The third-order valence-electron chi connectivity index (χ3n) is 8.99. The number of hydrogen-bond acceptors (Lipinski definition) is 10. The van der Waals surface area contributed by atoms with Gasteiger partial charge in [-0.2, -0.15) is 0 Å². The van der Waals surface area contributed by atoms with E-state index in [2.05, 4.69) is 31.7 Å². The van der Waals surface area contributed by atoms with Crippen LogP contribution in [0.15, 0.2) is 24.3 Å². The first-order valence-corrected chi connectivity index (χ1v) is 16.0. The Morgan fingerprint density at radius 3 is 1.00 bits per heavy atom. The average molecular weight is 761 g/mol. The Morgan fingerprint density at radius 2 is 0.708 bits per heavy atom. The number of halogens is 4. The lowest BCUT2D eigenvalue weighted by Crippen LogP contribution is -2.46. The van der Waals surface area contributed by atoms with Crippen LogP contribution in [0, 0.1) is 0 Å². The maximum absolute atomic E-state index is 5.69. The standard InChI is InChI=1S/C34H54N4O6.4ClH/c1-39-29-13-11-27(31(41-3)33(29)43-5)25-37-21-17-35(18-22-37)15-9-7-8-10-16-36-19-23-38(24-20-36)26-28-12-14-30(40-2)34(44-6)32(28)42-4;;;;/h11-14H,7-10,15-26H2,1-6H3;4*1H. The van der Waals surface area contributed by atoms with Crippen LogP contribution >= 0.6 is 49.6 Å². The molecule has 0 amide bonds. The van der Waals surface area contributed by atoms with Crippen molar-refractivity contribution in [1.29, 1.82) is 0 Å². The van der Waals surface area contributed by atoms with Crippen LogP contribution in [0.5, 0.6) is 34.5 Å². The molecule has 0 saturated carbocycles. The third-order valence-corrected chi connectivity index (χ3v) is 8.99. The molecule has 2 heterocycles. The fraction of sp³-hybridized carbons (Fsp3) is 0.647. The maximum Gasteiger partial charge on any atom is 0.203 e. The van der Waals surface area contributed by atoms with Gasteiger partial charge in [0.1, 0.15) is 0 Å². The largest absolute Gasteiger partial charge is 0.493 e. The molecule has 48 heavy (non-hydrogen) atoms. The molecule has 2 aromatic carbocycles. The molecule has 2 aliphatic heterocycles. The van der Waals surface area contributed by atoms with Crippen molar-refractivity contribution in [2.45, 2.75) is 38.8 Å². The summed E-state index contributed by atoms with van der Waals surface area (Å²) >= 11 is 0. The number of benzene rings is 2. The van der Waals surface area contributed by atoms with E-state index in [1.165, 1.54) is 38.8 Å². The highest BCUT2D eigenvalue weighted by molar-refractivity contribution is 5.86. The lowest BCUT2D eigenvalue weighted by atomic mass is 10.1. The van der Waals surface area contributed by atoms with E-state index < -0.39 is 0 Å². The highest BCUT2D eigenvalue weighted by Crippen LogP contribution is 2.41. The zero-order valence-electron chi connectivity index (χ0n) is 29.5. The van der Waals surface area contributed by atoms with Crippen molar-refractivity contribution < 1.29 is 28.4 Å². The molecule has 0 atom stereocenters. The Labute approximate surface area is 313 Å². The topological polar surface area (TPSA) is 68.3 Å². The SMILES string of the molecule is COc1ccc(CN2CCN(CCCCCCN3CCN(Cc4ccc(OC)c(OC)c4OC)CC3)CC2)c(OC)c1OC.Cl.Cl.Cl.Cl. The highest BCUT2D eigenvalue weighted by atomic mass is 35.5. The Bertz CT molecular complexity index is 1080. The summed E-state index contributed by atoms with van der Waals surface area (Å²) < 4.78 is 33.4. The van der Waals surface area contributed by atoms with E-state index in [1.807, 2.05) is 12.1 Å². The van der Waals surface area contributed by atoms with Gasteiger partial charge in [0.2, 0.25) is 11.5 Å². The van der Waals surface area contributed by atoms with Crippen LogP contribution in [-0.4, -0.2) is 128 Å². The number of methoxy groups -OCH3 is 6. The van der Waals surface area contributed by atoms with Crippen LogP contribution in [0.2, 0.25) is 0 Å². The minimum Gasteiger partial charge on any atom is -0.493 e. The first-order valence-electron chi connectivity index (χ1n) is 16.0. The van der Waals surface area contributed by atoms with E-state index in [0.29, 0.717) is 23.0 Å². The Kier molecular flexibility index (Phi) is 23.5. The zero-order valence-corrected chi connectivity index (χ0v) is 32.8. The predicted octanol–water partition coefficient (Wildman–Crippen LogP) is 5.92. The maximum atomic E-state index is 5.69. The van der Waals surface area contributed by atoms with E-state index >= 15 is 0 Å². The first kappa shape index (κ1) is 46.2. The molecular formula is C34H58Cl4N4O6. The van der Waals surface area contributed by atoms with Gasteiger partial charge in [-0.05, 0) is 38.1 Å². The molecule has 4 rings (SSSR count). The molecule has 2 aliphatic rings. The fourth-order valence-electron chi connectivity index (χ4n) is 6.42. The average Bonchev–Trinajstić information content (AvgIpc) is 3.07. The van der Waals surface area contributed by atoms with Gasteiger partial charge in [-0.1, -0.05) is 25.0 Å². The summed E-state index contributed by atoms with van der Waals surface area (Å²) in [5, 5.41) is 0. The van der Waals surface area contributed by atoms with E-state index in [9.17, 15) is 0 Å². The number of nitrogens with zero attached hydrogens (tertiary/aromatic N) is 4. The van der Waals surface area contributed by atoms with E-state index in [-0.39, 0.29) is 49.6 Å². The fourth-order valence-corrected chi connectivity index (χ4v) is 6.42. The third kappa shape index (κ3) is 12.5. The van der Waals surface area contributed by atoms with Crippen LogP contribution in [0.25, 0.3) is 0 Å². The molecule has 2 saturated heterocycles. The molecule has 0 unspecified atom stereocenters. The second-order valence-corrected chi connectivity index (χ2v) is 11.6. The number of rotatable bonds is 17. The van der Waals surface area contributed by atoms with Gasteiger partial charge in [-0.3, -0.25) is 9.80 Å². The van der Waals surface area contributed by atoms with E-state index in [4.69, 9.17) is 28.4 Å². The number of piperazine rings is 2. The summed E-state index contributed by atoms with van der Waals surface area (Å²) in [7, 11) is 10.0. The normalized spacial score (nSPS) is 15.5. The lowest BCUT2D eigenvalue weighted by Gasteiger charge is -2.35. The van der Waals surface area contributed by atoms with Crippen LogP contribution in [-0.2, 0) is 13.1 Å². The second-order valence-electron chi connectivity index (χ2n) is 11.6. The predicted molar refractivity (Wildman–Crippen MR) is 203 cm³/mol. The molecule has 0 radical (unpaired) electrons. The van der Waals surface area contributed by atoms with Gasteiger partial charge in [-0.15, -0.1) is 49.6 Å². The first-order chi connectivity index (χ1) is 21.5. The molecular weight excluding hydrogens is 702 g/mol. The zero-order chi connectivity index (χ0) is 31.3. The summed E-state index contributed by atoms with van der Waals surface area (Å²) in [5.74, 6) is 4.27. The van der Waals surface area contributed by atoms with Crippen molar-refractivity contribution in [1.82, 2.24) is 19.6 Å². The molecule has 0 spiro atoms. The van der Waals surface area contributed by atoms with Gasteiger partial charge >= 0.3 is 0 Å². The van der Waals surface area contributed by atoms with Crippen LogP contribution in [0.3, 0.4) is 0 Å². The molecule has 2 aromatic rings. The quantitative estimate of drug-likeness (QED) is 0.182. The minimum absolute atomic E-state index is 0. The Hall–Kier alpha value is -1.76. The summed E-state index contributed by atoms with van der Waals surface area (Å²) in [5.41, 5.74) is 2.27. The van der Waals surface area contributed by atoms with Crippen molar-refractivity contribution in [3.63, 3.8) is 0 Å². The number of ether oxygens (including phenoxy) is 6. The van der Waals surface area contributed by atoms with Gasteiger partial charge in [-0.25, -0.2) is 0 Å². The summed E-state index contributed by atoms with van der Waals surface area (Å²) in [6.45, 7) is 12.9. The van der Waals surface area contributed by atoms with Crippen LogP contribution < -0.4 is 28.4 Å². The van der Waals surface area contributed by atoms with Gasteiger partial charge in [0, 0.05) is 76.6 Å². The van der Waals surface area contributed by atoms with Crippen LogP contribution in [0.4, 0.5) is 0 Å². The molecule has 10 nitrogen and oxygen atoms in total. The molecule has 0 aromatic heterocycles. The van der Waals surface area contributed by atoms with Gasteiger partial charge < -0.3 is 38.2 Å². The van der Waals surface area contributed by atoms with Gasteiger partial charge in [0.15, 0.2) is 23.0 Å². The molecule has 0 bridgehead atoms. The summed E-state index contributed by atoms with van der Waals surface area (Å²) in [6, 6.07) is 8.10. The molecule has 278 valence electrons. The Balaban J connectivity index is 0.00000552. The van der Waals surface area contributed by atoms with Crippen molar-refractivity contribution in [3.05, 3.63) is 35.4 Å². The monoisotopic (exact) mass is 758 g/mol. The number of unbranched alkanes of at least 4 members (excludes halogenated alkanes) is 3. The van der Waals surface area contributed by atoms with Gasteiger partial charge in [0.05, 0.1) is 42.7 Å². The minimum atomic E-state index is 0. The summed E-state index contributed by atoms with van der Waals surface area (Å²) in [6.07, 6.45) is 5.18. The van der Waals surface area contributed by atoms with Crippen molar-refractivity contribution in [3.8, 4) is 34.5 Å². The van der Waals surface area contributed by atoms with Gasteiger partial charge in [0.25, 0.3) is 0 Å². The lowest BCUT2D eigenvalue weighted by molar-refractivity contribution is 0.121. The Morgan fingerprint density at radius 1 is 0.396 bits per heavy atom. The smallest absolute Gasteiger partial charge is 0.203 e. The molecule has 2 fully saturated rings. The van der Waals surface area contributed by atoms with E-state index in [1.54, 1.807) is 42.7 Å². The molecule has 0 N–H and O–H groups in total. The van der Waals surface area contributed by atoms with Crippen LogP contribution in [0.1, 0.15) is 36.8 Å². The molecule has 14 heteroatoms. The molecule has 0 aliphatic carbocycles. The summed E-state index contributed by atoms with van der Waals surface area (Å²) in [4.78, 5) is 10.2. The highest BCUT2D eigenvalue weighted by Gasteiger charge is 2.23. The van der Waals surface area contributed by atoms with Crippen molar-refractivity contribution >= 4 is 49.6 Å².